The second-order valence-electron chi connectivity index (χ2n) is 6.03. The van der Waals surface area contributed by atoms with E-state index in [4.69, 9.17) is 9.47 Å². The van der Waals surface area contributed by atoms with Crippen LogP contribution in [0.2, 0.25) is 0 Å². The first-order chi connectivity index (χ1) is 12.1. The number of carbonyl (C=O) groups excluding carboxylic acids is 1. The fourth-order valence-corrected chi connectivity index (χ4v) is 2.27. The van der Waals surface area contributed by atoms with Gasteiger partial charge in [0.1, 0.15) is 18.1 Å². The summed E-state index contributed by atoms with van der Waals surface area (Å²) in [6.07, 6.45) is 0. The van der Waals surface area contributed by atoms with E-state index in [2.05, 4.69) is 24.5 Å². The molecule has 134 valence electrons. The molecule has 2 aromatic carbocycles. The molecule has 25 heavy (non-hydrogen) atoms. The molecule has 0 unspecified atom stereocenters. The highest BCUT2D eigenvalue weighted by Crippen LogP contribution is 2.17. The van der Waals surface area contributed by atoms with E-state index >= 15 is 0 Å². The molecule has 0 atom stereocenters. The number of carbonyl (C=O) groups is 1. The number of ether oxygens (including phenoxy) is 2. The third-order valence-electron chi connectivity index (χ3n) is 3.75. The van der Waals surface area contributed by atoms with Gasteiger partial charge in [0.25, 0.3) is 0 Å². The SMILES string of the molecule is COc1ccc(OCCNCC(=O)Nc2ccc(C(C)C)cc2)cc1. The minimum Gasteiger partial charge on any atom is -0.497 e. The third-order valence-corrected chi connectivity index (χ3v) is 3.75. The van der Waals surface area contributed by atoms with Crippen molar-refractivity contribution >= 4 is 11.6 Å². The minimum absolute atomic E-state index is 0.0678. The van der Waals surface area contributed by atoms with Crippen molar-refractivity contribution in [2.75, 3.05) is 32.1 Å². The zero-order valence-corrected chi connectivity index (χ0v) is 15.0. The lowest BCUT2D eigenvalue weighted by molar-refractivity contribution is -0.115. The van der Waals surface area contributed by atoms with Gasteiger partial charge in [0.2, 0.25) is 5.91 Å². The summed E-state index contributed by atoms with van der Waals surface area (Å²) >= 11 is 0. The summed E-state index contributed by atoms with van der Waals surface area (Å²) in [4.78, 5) is 11.9. The molecule has 5 nitrogen and oxygen atoms in total. The molecule has 2 N–H and O–H groups in total. The largest absolute Gasteiger partial charge is 0.497 e. The number of amides is 1. The quantitative estimate of drug-likeness (QED) is 0.686. The van der Waals surface area contributed by atoms with Gasteiger partial charge in [0, 0.05) is 12.2 Å². The van der Waals surface area contributed by atoms with Crippen LogP contribution in [0.4, 0.5) is 5.69 Å². The third kappa shape index (κ3) is 6.47. The molecule has 0 aliphatic heterocycles. The number of rotatable bonds is 9. The summed E-state index contributed by atoms with van der Waals surface area (Å²) in [7, 11) is 1.63. The summed E-state index contributed by atoms with van der Waals surface area (Å²) in [6.45, 7) is 5.61. The summed E-state index contributed by atoms with van der Waals surface area (Å²) in [5, 5.41) is 5.94. The van der Waals surface area contributed by atoms with Gasteiger partial charge in [0.15, 0.2) is 0 Å². The van der Waals surface area contributed by atoms with Crippen LogP contribution in [-0.4, -0.2) is 32.7 Å². The van der Waals surface area contributed by atoms with Crippen molar-refractivity contribution in [3.63, 3.8) is 0 Å². The first-order valence-corrected chi connectivity index (χ1v) is 8.46. The molecule has 0 saturated heterocycles. The van der Waals surface area contributed by atoms with Crippen LogP contribution in [0.1, 0.15) is 25.3 Å². The maximum absolute atomic E-state index is 11.9. The van der Waals surface area contributed by atoms with Gasteiger partial charge in [-0.25, -0.2) is 0 Å². The number of benzene rings is 2. The molecular weight excluding hydrogens is 316 g/mol. The Morgan fingerprint density at radius 1 is 1.00 bits per heavy atom. The molecule has 1 amide bonds. The molecule has 0 fully saturated rings. The number of hydrogen-bond acceptors (Lipinski definition) is 4. The van der Waals surface area contributed by atoms with Crippen LogP contribution in [0.15, 0.2) is 48.5 Å². The summed E-state index contributed by atoms with van der Waals surface area (Å²) in [6, 6.07) is 15.3. The van der Waals surface area contributed by atoms with Gasteiger partial charge in [-0.1, -0.05) is 26.0 Å². The molecule has 2 rings (SSSR count). The Morgan fingerprint density at radius 3 is 2.24 bits per heavy atom. The average molecular weight is 342 g/mol. The lowest BCUT2D eigenvalue weighted by Crippen LogP contribution is -2.31. The predicted octanol–water partition coefficient (Wildman–Crippen LogP) is 3.43. The van der Waals surface area contributed by atoms with Crippen molar-refractivity contribution in [3.05, 3.63) is 54.1 Å². The molecule has 0 aromatic heterocycles. The van der Waals surface area contributed by atoms with Crippen molar-refractivity contribution in [1.82, 2.24) is 5.32 Å². The standard InChI is InChI=1S/C20H26N2O3/c1-15(2)16-4-6-17(7-5-16)22-20(23)14-21-12-13-25-19-10-8-18(24-3)9-11-19/h4-11,15,21H,12-14H2,1-3H3,(H,22,23). The topological polar surface area (TPSA) is 59.6 Å². The zero-order chi connectivity index (χ0) is 18.1. The van der Waals surface area contributed by atoms with Crippen molar-refractivity contribution in [2.24, 2.45) is 0 Å². The van der Waals surface area contributed by atoms with Crippen LogP contribution in [0.3, 0.4) is 0 Å². The van der Waals surface area contributed by atoms with Crippen LogP contribution >= 0.6 is 0 Å². The van der Waals surface area contributed by atoms with Crippen LogP contribution in [0, 0.1) is 0 Å². The van der Waals surface area contributed by atoms with Gasteiger partial charge >= 0.3 is 0 Å². The average Bonchev–Trinajstić information content (AvgIpc) is 2.62. The number of nitrogens with one attached hydrogen (secondary N) is 2. The van der Waals surface area contributed by atoms with Gasteiger partial charge in [0.05, 0.1) is 13.7 Å². The fourth-order valence-electron chi connectivity index (χ4n) is 2.27. The van der Waals surface area contributed by atoms with Crippen LogP contribution in [-0.2, 0) is 4.79 Å². The second-order valence-corrected chi connectivity index (χ2v) is 6.03. The van der Waals surface area contributed by atoms with Gasteiger partial charge in [-0.05, 0) is 47.9 Å². The Morgan fingerprint density at radius 2 is 1.64 bits per heavy atom. The Kier molecular flexibility index (Phi) is 7.29. The highest BCUT2D eigenvalue weighted by atomic mass is 16.5. The summed E-state index contributed by atoms with van der Waals surface area (Å²) in [5.41, 5.74) is 2.07. The highest BCUT2D eigenvalue weighted by molar-refractivity contribution is 5.92. The van der Waals surface area contributed by atoms with Crippen molar-refractivity contribution in [1.29, 1.82) is 0 Å². The number of anilines is 1. The summed E-state index contributed by atoms with van der Waals surface area (Å²) in [5.74, 6) is 1.99. The summed E-state index contributed by atoms with van der Waals surface area (Å²) < 4.78 is 10.7. The van der Waals surface area contributed by atoms with E-state index in [9.17, 15) is 4.79 Å². The first kappa shape index (κ1) is 18.8. The molecule has 0 bridgehead atoms. The molecule has 0 radical (unpaired) electrons. The molecular formula is C20H26N2O3. The van der Waals surface area contributed by atoms with Gasteiger partial charge in [-0.15, -0.1) is 0 Å². The van der Waals surface area contributed by atoms with Crippen molar-refractivity contribution in [2.45, 2.75) is 19.8 Å². The molecule has 0 aliphatic rings. The molecule has 0 aliphatic carbocycles. The van der Waals surface area contributed by atoms with E-state index in [1.807, 2.05) is 48.5 Å². The molecule has 0 spiro atoms. The molecule has 0 saturated carbocycles. The fraction of sp³-hybridized carbons (Fsp3) is 0.350. The normalized spacial score (nSPS) is 10.6. The maximum Gasteiger partial charge on any atom is 0.238 e. The maximum atomic E-state index is 11.9. The second kappa shape index (κ2) is 9.69. The van der Waals surface area contributed by atoms with Crippen molar-refractivity contribution < 1.29 is 14.3 Å². The highest BCUT2D eigenvalue weighted by Gasteiger charge is 2.03. The Labute approximate surface area is 149 Å². The lowest BCUT2D eigenvalue weighted by Gasteiger charge is -2.10. The Hall–Kier alpha value is -2.53. The molecule has 2 aromatic rings. The van der Waals surface area contributed by atoms with E-state index in [1.165, 1.54) is 5.56 Å². The first-order valence-electron chi connectivity index (χ1n) is 8.46. The monoisotopic (exact) mass is 342 g/mol. The smallest absolute Gasteiger partial charge is 0.238 e. The predicted molar refractivity (Wildman–Crippen MR) is 101 cm³/mol. The van der Waals surface area contributed by atoms with Gasteiger partial charge < -0.3 is 20.1 Å². The molecule has 5 heteroatoms. The van der Waals surface area contributed by atoms with Crippen molar-refractivity contribution in [3.8, 4) is 11.5 Å². The van der Waals surface area contributed by atoms with Crippen LogP contribution in [0.5, 0.6) is 11.5 Å². The minimum atomic E-state index is -0.0678. The number of methoxy groups -OCH3 is 1. The zero-order valence-electron chi connectivity index (χ0n) is 15.0. The van der Waals surface area contributed by atoms with Gasteiger partial charge in [-0.2, -0.15) is 0 Å². The lowest BCUT2D eigenvalue weighted by atomic mass is 10.0. The van der Waals surface area contributed by atoms with E-state index < -0.39 is 0 Å². The Balaban J connectivity index is 1.63. The van der Waals surface area contributed by atoms with E-state index in [0.717, 1.165) is 17.2 Å². The Bertz CT molecular complexity index is 652. The molecule has 0 heterocycles. The van der Waals surface area contributed by atoms with E-state index in [0.29, 0.717) is 19.1 Å². The van der Waals surface area contributed by atoms with Crippen LogP contribution < -0.4 is 20.1 Å². The van der Waals surface area contributed by atoms with E-state index in [-0.39, 0.29) is 12.5 Å². The van der Waals surface area contributed by atoms with Gasteiger partial charge in [-0.3, -0.25) is 4.79 Å². The van der Waals surface area contributed by atoms with E-state index in [1.54, 1.807) is 7.11 Å². The van der Waals surface area contributed by atoms with Crippen LogP contribution in [0.25, 0.3) is 0 Å². The number of hydrogen-bond donors (Lipinski definition) is 2.